The summed E-state index contributed by atoms with van der Waals surface area (Å²) in [6, 6.07) is 5.05. The molecule has 5 nitrogen and oxygen atoms in total. The van der Waals surface area contributed by atoms with Crippen molar-refractivity contribution in [2.24, 2.45) is 5.92 Å². The summed E-state index contributed by atoms with van der Waals surface area (Å²) in [6.07, 6.45) is -11.4. The Kier molecular flexibility index (Phi) is 6.87. The summed E-state index contributed by atoms with van der Waals surface area (Å²) in [5, 5.41) is 9.10. The molecule has 33 heavy (non-hydrogen) atoms. The molecule has 1 unspecified atom stereocenters. The predicted molar refractivity (Wildman–Crippen MR) is 104 cm³/mol. The molecular weight excluding hydrogens is 459 g/mol. The van der Waals surface area contributed by atoms with E-state index >= 15 is 0 Å². The van der Waals surface area contributed by atoms with Gasteiger partial charge in [-0.05, 0) is 36.2 Å². The first-order chi connectivity index (χ1) is 15.3. The second kappa shape index (κ2) is 9.16. The first-order valence-corrected chi connectivity index (χ1v) is 9.84. The maximum Gasteiger partial charge on any atom is 0.407 e. The van der Waals surface area contributed by atoms with E-state index in [4.69, 9.17) is 5.11 Å². The van der Waals surface area contributed by atoms with E-state index in [1.165, 1.54) is 18.3 Å². The van der Waals surface area contributed by atoms with Gasteiger partial charge in [-0.3, -0.25) is 9.88 Å². The van der Waals surface area contributed by atoms with Gasteiger partial charge in [-0.1, -0.05) is 12.1 Å². The maximum absolute atomic E-state index is 14.8. The molecule has 1 saturated heterocycles. The third kappa shape index (κ3) is 5.73. The Balaban J connectivity index is 1.92. The molecule has 2 heterocycles. The Hall–Kier alpha value is -2.89. The van der Waals surface area contributed by atoms with E-state index in [2.05, 4.69) is 4.98 Å². The molecule has 1 aromatic carbocycles. The van der Waals surface area contributed by atoms with Gasteiger partial charge in [0, 0.05) is 49.7 Å². The number of carbonyl (C=O) groups is 1. The van der Waals surface area contributed by atoms with Crippen LogP contribution in [0.2, 0.25) is 0 Å². The zero-order valence-corrected chi connectivity index (χ0v) is 17.3. The first-order valence-electron chi connectivity index (χ1n) is 9.84. The zero-order valence-electron chi connectivity index (χ0n) is 17.3. The van der Waals surface area contributed by atoms with Gasteiger partial charge < -0.3 is 10.0 Å². The second-order valence-electron chi connectivity index (χ2n) is 7.82. The molecule has 0 radical (unpaired) electrons. The number of piperazine rings is 1. The third-order valence-corrected chi connectivity index (χ3v) is 5.55. The molecular formula is C21H20F7N3O2. The SMILES string of the molecule is Cc1cc(-c2ccc(CN3CCN(C(=O)O)CC3C(C(F)(F)F)C(F)(F)F)c(F)c2)ccn1. The summed E-state index contributed by atoms with van der Waals surface area (Å²) >= 11 is 0. The fourth-order valence-corrected chi connectivity index (χ4v) is 3.95. The molecule has 12 heteroatoms. The van der Waals surface area contributed by atoms with Gasteiger partial charge in [0.1, 0.15) is 5.82 Å². The highest BCUT2D eigenvalue weighted by Crippen LogP contribution is 2.44. The second-order valence-corrected chi connectivity index (χ2v) is 7.82. The van der Waals surface area contributed by atoms with Gasteiger partial charge in [0.25, 0.3) is 0 Å². The number of carboxylic acid groups (broad SMARTS) is 1. The molecule has 1 aliphatic rings. The van der Waals surface area contributed by atoms with Crippen LogP contribution in [0.3, 0.4) is 0 Å². The monoisotopic (exact) mass is 479 g/mol. The van der Waals surface area contributed by atoms with Crippen molar-refractivity contribution in [2.75, 3.05) is 19.6 Å². The lowest BCUT2D eigenvalue weighted by atomic mass is 9.93. The molecule has 1 aliphatic heterocycles. The van der Waals surface area contributed by atoms with Gasteiger partial charge in [-0.2, -0.15) is 26.3 Å². The summed E-state index contributed by atoms with van der Waals surface area (Å²) in [5.41, 5.74) is 1.70. The van der Waals surface area contributed by atoms with Crippen LogP contribution in [0, 0.1) is 18.7 Å². The number of rotatable bonds is 4. The average Bonchev–Trinajstić information content (AvgIpc) is 2.68. The number of hydrogen-bond donors (Lipinski definition) is 1. The summed E-state index contributed by atoms with van der Waals surface area (Å²) in [7, 11) is 0. The van der Waals surface area contributed by atoms with Crippen molar-refractivity contribution in [3.05, 3.63) is 53.6 Å². The molecule has 1 N–H and O–H groups in total. The molecule has 1 aromatic heterocycles. The van der Waals surface area contributed by atoms with Crippen molar-refractivity contribution in [3.8, 4) is 11.1 Å². The van der Waals surface area contributed by atoms with Crippen LogP contribution < -0.4 is 0 Å². The van der Waals surface area contributed by atoms with E-state index in [9.17, 15) is 35.5 Å². The normalized spacial score (nSPS) is 18.1. The predicted octanol–water partition coefficient (Wildman–Crippen LogP) is 5.10. The lowest BCUT2D eigenvalue weighted by molar-refractivity contribution is -0.302. The molecule has 2 aromatic rings. The summed E-state index contributed by atoms with van der Waals surface area (Å²) in [6.45, 7) is -0.519. The Morgan fingerprint density at radius 2 is 1.73 bits per heavy atom. The lowest BCUT2D eigenvalue weighted by Gasteiger charge is -2.44. The van der Waals surface area contributed by atoms with Crippen molar-refractivity contribution in [1.29, 1.82) is 0 Å². The van der Waals surface area contributed by atoms with E-state index in [1.807, 2.05) is 0 Å². The van der Waals surface area contributed by atoms with Crippen molar-refractivity contribution < 1.29 is 40.6 Å². The molecule has 1 fully saturated rings. The third-order valence-electron chi connectivity index (χ3n) is 5.55. The van der Waals surface area contributed by atoms with E-state index in [1.54, 1.807) is 19.1 Å². The highest BCUT2D eigenvalue weighted by Gasteiger charge is 2.62. The van der Waals surface area contributed by atoms with Gasteiger partial charge in [0.05, 0.1) is 0 Å². The topological polar surface area (TPSA) is 56.7 Å². The summed E-state index contributed by atoms with van der Waals surface area (Å²) in [5.74, 6) is -4.58. The summed E-state index contributed by atoms with van der Waals surface area (Å²) < 4.78 is 95.2. The Bertz CT molecular complexity index is 996. The lowest BCUT2D eigenvalue weighted by Crippen LogP contribution is -2.62. The van der Waals surface area contributed by atoms with Crippen molar-refractivity contribution in [3.63, 3.8) is 0 Å². The molecule has 180 valence electrons. The fraction of sp³-hybridized carbons (Fsp3) is 0.429. The van der Waals surface area contributed by atoms with Gasteiger partial charge in [0.15, 0.2) is 5.92 Å². The Morgan fingerprint density at radius 3 is 2.27 bits per heavy atom. The molecule has 3 rings (SSSR count). The minimum Gasteiger partial charge on any atom is -0.465 e. The van der Waals surface area contributed by atoms with Crippen LogP contribution in [0.25, 0.3) is 11.1 Å². The number of alkyl halides is 6. The Labute approximate surface area is 184 Å². The highest BCUT2D eigenvalue weighted by molar-refractivity contribution is 5.65. The van der Waals surface area contributed by atoms with Crippen LogP contribution in [0.15, 0.2) is 36.5 Å². The van der Waals surface area contributed by atoms with Crippen LogP contribution in [-0.2, 0) is 6.54 Å². The molecule has 0 spiro atoms. The van der Waals surface area contributed by atoms with Crippen molar-refractivity contribution >= 4 is 6.09 Å². The number of nitrogens with zero attached hydrogens (tertiary/aromatic N) is 3. The van der Waals surface area contributed by atoms with E-state index in [0.717, 1.165) is 11.0 Å². The smallest absolute Gasteiger partial charge is 0.407 e. The van der Waals surface area contributed by atoms with Gasteiger partial charge in [-0.15, -0.1) is 0 Å². The number of aromatic nitrogens is 1. The minimum atomic E-state index is -5.66. The largest absolute Gasteiger partial charge is 0.465 e. The van der Waals surface area contributed by atoms with Gasteiger partial charge in [0.2, 0.25) is 0 Å². The standard InChI is InChI=1S/C21H20F7N3O2/c1-12-8-14(4-5-29-12)13-2-3-15(16(22)9-13)10-30-6-7-31(19(32)33)11-17(30)18(20(23,24)25)21(26,27)28/h2-5,8-9,17-18H,6-7,10-11H2,1H3,(H,32,33). The minimum absolute atomic E-state index is 0.0959. The van der Waals surface area contributed by atoms with E-state index in [0.29, 0.717) is 21.7 Å². The van der Waals surface area contributed by atoms with Gasteiger partial charge >= 0.3 is 18.4 Å². The number of pyridine rings is 1. The summed E-state index contributed by atoms with van der Waals surface area (Å²) in [4.78, 5) is 16.6. The van der Waals surface area contributed by atoms with Crippen LogP contribution in [0.4, 0.5) is 35.5 Å². The molecule has 0 aliphatic carbocycles. The zero-order chi connectivity index (χ0) is 24.6. The van der Waals surface area contributed by atoms with Crippen LogP contribution in [-0.4, -0.2) is 64.0 Å². The van der Waals surface area contributed by atoms with E-state index in [-0.39, 0.29) is 12.1 Å². The first kappa shape index (κ1) is 24.7. The molecule has 1 atom stereocenters. The van der Waals surface area contributed by atoms with Crippen LogP contribution in [0.1, 0.15) is 11.3 Å². The maximum atomic E-state index is 14.8. The van der Waals surface area contributed by atoms with E-state index < -0.39 is 55.9 Å². The molecule has 0 saturated carbocycles. The number of amides is 1. The Morgan fingerprint density at radius 1 is 1.09 bits per heavy atom. The van der Waals surface area contributed by atoms with Crippen LogP contribution >= 0.6 is 0 Å². The van der Waals surface area contributed by atoms with Crippen molar-refractivity contribution in [2.45, 2.75) is 31.9 Å². The fourth-order valence-electron chi connectivity index (χ4n) is 3.95. The number of aryl methyl sites for hydroxylation is 1. The number of halogens is 7. The number of benzene rings is 1. The molecule has 1 amide bonds. The van der Waals surface area contributed by atoms with Gasteiger partial charge in [-0.25, -0.2) is 9.18 Å². The van der Waals surface area contributed by atoms with Crippen LogP contribution in [0.5, 0.6) is 0 Å². The highest BCUT2D eigenvalue weighted by atomic mass is 19.4. The van der Waals surface area contributed by atoms with Crippen molar-refractivity contribution in [1.82, 2.24) is 14.8 Å². The average molecular weight is 479 g/mol. The number of hydrogen-bond acceptors (Lipinski definition) is 3. The molecule has 0 bridgehead atoms. The quantitative estimate of drug-likeness (QED) is 0.620.